The maximum absolute atomic E-state index is 4.33. The van der Waals surface area contributed by atoms with E-state index in [1.54, 1.807) is 0 Å². The highest BCUT2D eigenvalue weighted by atomic mass is 15.2. The van der Waals surface area contributed by atoms with Crippen LogP contribution in [0.2, 0.25) is 0 Å². The second kappa shape index (κ2) is 10.3. The molecule has 0 aliphatic carbocycles. The summed E-state index contributed by atoms with van der Waals surface area (Å²) in [4.78, 5) is 6.90. The fraction of sp³-hybridized carbons (Fsp3) is 0.632. The molecule has 1 saturated heterocycles. The first-order valence-electron chi connectivity index (χ1n) is 9.02. The molecule has 0 aromatic heterocycles. The summed E-state index contributed by atoms with van der Waals surface area (Å²) in [7, 11) is 1.85. The lowest BCUT2D eigenvalue weighted by Gasteiger charge is -2.17. The van der Waals surface area contributed by atoms with Gasteiger partial charge in [-0.05, 0) is 50.3 Å². The Kier molecular flexibility index (Phi) is 7.95. The molecule has 128 valence electrons. The minimum atomic E-state index is 0.754. The summed E-state index contributed by atoms with van der Waals surface area (Å²) in [5.41, 5.74) is 1.40. The van der Waals surface area contributed by atoms with E-state index in [0.717, 1.165) is 37.8 Å². The van der Waals surface area contributed by atoms with Gasteiger partial charge in [0.1, 0.15) is 0 Å². The van der Waals surface area contributed by atoms with Gasteiger partial charge >= 0.3 is 0 Å². The van der Waals surface area contributed by atoms with E-state index in [-0.39, 0.29) is 0 Å². The highest BCUT2D eigenvalue weighted by Gasteiger charge is 2.21. The first kappa shape index (κ1) is 17.8. The zero-order valence-electron chi connectivity index (χ0n) is 14.7. The predicted molar refractivity (Wildman–Crippen MR) is 99.0 cm³/mol. The average Bonchev–Trinajstić information content (AvgIpc) is 3.03. The van der Waals surface area contributed by atoms with E-state index in [2.05, 4.69) is 57.8 Å². The Bertz CT molecular complexity index is 458. The molecular formula is C19H32N4. The van der Waals surface area contributed by atoms with Crippen LogP contribution in [-0.4, -0.2) is 50.6 Å². The number of benzene rings is 1. The maximum Gasteiger partial charge on any atom is 0.190 e. The van der Waals surface area contributed by atoms with Crippen molar-refractivity contribution in [2.24, 2.45) is 10.9 Å². The summed E-state index contributed by atoms with van der Waals surface area (Å²) in [5, 5.41) is 6.91. The molecule has 1 aromatic carbocycles. The Labute approximate surface area is 141 Å². The number of likely N-dealkylation sites (tertiary alicyclic amines) is 1. The first-order chi connectivity index (χ1) is 11.3. The van der Waals surface area contributed by atoms with Crippen LogP contribution in [-0.2, 0) is 6.42 Å². The van der Waals surface area contributed by atoms with Gasteiger partial charge in [0.25, 0.3) is 0 Å². The third-order valence-electron chi connectivity index (χ3n) is 4.47. The van der Waals surface area contributed by atoms with Gasteiger partial charge < -0.3 is 15.5 Å². The molecule has 2 rings (SSSR count). The van der Waals surface area contributed by atoms with Gasteiger partial charge in [0.15, 0.2) is 5.96 Å². The van der Waals surface area contributed by atoms with Crippen LogP contribution in [0.15, 0.2) is 35.3 Å². The third kappa shape index (κ3) is 6.61. The molecule has 1 aliphatic heterocycles. The number of rotatable bonds is 8. The Morgan fingerprint density at radius 2 is 2.09 bits per heavy atom. The van der Waals surface area contributed by atoms with E-state index in [1.165, 1.54) is 38.0 Å². The SMILES string of the molecule is CCCN1CCC(CNC(=NC)NCCCc2ccccc2)C1. The van der Waals surface area contributed by atoms with Gasteiger partial charge in [-0.2, -0.15) is 0 Å². The summed E-state index contributed by atoms with van der Waals surface area (Å²) in [6.07, 6.45) is 4.79. The first-order valence-corrected chi connectivity index (χ1v) is 9.02. The molecule has 2 N–H and O–H groups in total. The van der Waals surface area contributed by atoms with Gasteiger partial charge in [-0.25, -0.2) is 0 Å². The monoisotopic (exact) mass is 316 g/mol. The molecule has 23 heavy (non-hydrogen) atoms. The van der Waals surface area contributed by atoms with E-state index in [0.29, 0.717) is 0 Å². The van der Waals surface area contributed by atoms with Crippen LogP contribution < -0.4 is 10.6 Å². The largest absolute Gasteiger partial charge is 0.356 e. The van der Waals surface area contributed by atoms with Crippen molar-refractivity contribution in [3.8, 4) is 0 Å². The molecule has 0 radical (unpaired) electrons. The van der Waals surface area contributed by atoms with Crippen molar-refractivity contribution in [3.05, 3.63) is 35.9 Å². The van der Waals surface area contributed by atoms with Crippen LogP contribution in [0.1, 0.15) is 31.7 Å². The summed E-state index contributed by atoms with van der Waals surface area (Å²) in [5.74, 6) is 1.69. The van der Waals surface area contributed by atoms with Crippen LogP contribution in [0.4, 0.5) is 0 Å². The van der Waals surface area contributed by atoms with E-state index in [9.17, 15) is 0 Å². The van der Waals surface area contributed by atoms with E-state index < -0.39 is 0 Å². The van der Waals surface area contributed by atoms with Gasteiger partial charge in [0, 0.05) is 26.7 Å². The molecule has 0 amide bonds. The van der Waals surface area contributed by atoms with Gasteiger partial charge in [-0.1, -0.05) is 37.3 Å². The highest BCUT2D eigenvalue weighted by molar-refractivity contribution is 5.79. The molecule has 1 heterocycles. The minimum absolute atomic E-state index is 0.754. The van der Waals surface area contributed by atoms with Crippen LogP contribution in [0.25, 0.3) is 0 Å². The van der Waals surface area contributed by atoms with E-state index in [1.807, 2.05) is 7.05 Å². The molecular weight excluding hydrogens is 284 g/mol. The topological polar surface area (TPSA) is 39.7 Å². The molecule has 4 heteroatoms. The molecule has 1 fully saturated rings. The van der Waals surface area contributed by atoms with Crippen LogP contribution in [0.5, 0.6) is 0 Å². The summed E-state index contributed by atoms with van der Waals surface area (Å²) >= 11 is 0. The quantitative estimate of drug-likeness (QED) is 0.440. The predicted octanol–water partition coefficient (Wildman–Crippen LogP) is 2.52. The van der Waals surface area contributed by atoms with Gasteiger partial charge in [-0.3, -0.25) is 4.99 Å². The Balaban J connectivity index is 1.59. The summed E-state index contributed by atoms with van der Waals surface area (Å²) < 4.78 is 0. The van der Waals surface area contributed by atoms with Crippen molar-refractivity contribution < 1.29 is 0 Å². The van der Waals surface area contributed by atoms with Crippen LogP contribution in [0, 0.1) is 5.92 Å². The fourth-order valence-corrected chi connectivity index (χ4v) is 3.20. The van der Waals surface area contributed by atoms with Crippen molar-refractivity contribution in [1.29, 1.82) is 0 Å². The van der Waals surface area contributed by atoms with E-state index in [4.69, 9.17) is 0 Å². The molecule has 4 nitrogen and oxygen atoms in total. The number of nitrogens with zero attached hydrogens (tertiary/aromatic N) is 2. The Morgan fingerprint density at radius 1 is 1.26 bits per heavy atom. The lowest BCUT2D eigenvalue weighted by atomic mass is 10.1. The average molecular weight is 316 g/mol. The molecule has 0 spiro atoms. The standard InChI is InChI=1S/C19H32N4/c1-3-13-23-14-11-18(16-23)15-22-19(20-2)21-12-7-10-17-8-5-4-6-9-17/h4-6,8-9,18H,3,7,10-16H2,1-2H3,(H2,20,21,22). The fourth-order valence-electron chi connectivity index (χ4n) is 3.20. The molecule has 1 aliphatic rings. The zero-order chi connectivity index (χ0) is 16.3. The van der Waals surface area contributed by atoms with Crippen LogP contribution in [0.3, 0.4) is 0 Å². The second-order valence-electron chi connectivity index (χ2n) is 6.42. The summed E-state index contributed by atoms with van der Waals surface area (Å²) in [6.45, 7) is 7.96. The highest BCUT2D eigenvalue weighted by Crippen LogP contribution is 2.15. The van der Waals surface area contributed by atoms with Crippen molar-refractivity contribution >= 4 is 5.96 Å². The second-order valence-corrected chi connectivity index (χ2v) is 6.42. The maximum atomic E-state index is 4.33. The number of aliphatic imine (C=N–C) groups is 1. The minimum Gasteiger partial charge on any atom is -0.356 e. The van der Waals surface area contributed by atoms with Gasteiger partial charge in [-0.15, -0.1) is 0 Å². The molecule has 0 bridgehead atoms. The van der Waals surface area contributed by atoms with E-state index >= 15 is 0 Å². The molecule has 1 aromatic rings. The van der Waals surface area contributed by atoms with Crippen LogP contribution >= 0.6 is 0 Å². The molecule has 1 atom stereocenters. The smallest absolute Gasteiger partial charge is 0.190 e. The molecule has 0 saturated carbocycles. The Hall–Kier alpha value is -1.55. The van der Waals surface area contributed by atoms with Gasteiger partial charge in [0.05, 0.1) is 0 Å². The van der Waals surface area contributed by atoms with Crippen molar-refractivity contribution in [2.75, 3.05) is 39.8 Å². The summed E-state index contributed by atoms with van der Waals surface area (Å²) in [6, 6.07) is 10.7. The van der Waals surface area contributed by atoms with Crippen molar-refractivity contribution in [1.82, 2.24) is 15.5 Å². The van der Waals surface area contributed by atoms with Crippen molar-refractivity contribution in [2.45, 2.75) is 32.6 Å². The normalized spacial score (nSPS) is 19.0. The van der Waals surface area contributed by atoms with Crippen molar-refractivity contribution in [3.63, 3.8) is 0 Å². The number of aryl methyl sites for hydroxylation is 1. The number of hydrogen-bond donors (Lipinski definition) is 2. The molecule has 1 unspecified atom stereocenters. The number of hydrogen-bond acceptors (Lipinski definition) is 2. The van der Waals surface area contributed by atoms with Gasteiger partial charge in [0.2, 0.25) is 0 Å². The third-order valence-corrected chi connectivity index (χ3v) is 4.47. The lowest BCUT2D eigenvalue weighted by Crippen LogP contribution is -2.40. The number of nitrogens with one attached hydrogen (secondary N) is 2. The number of guanidine groups is 1. The zero-order valence-corrected chi connectivity index (χ0v) is 14.7. The Morgan fingerprint density at radius 3 is 2.83 bits per heavy atom. The lowest BCUT2D eigenvalue weighted by molar-refractivity contribution is 0.324.